The van der Waals surface area contributed by atoms with Crippen LogP contribution in [0.3, 0.4) is 0 Å². The maximum atomic E-state index is 14.6. The van der Waals surface area contributed by atoms with Crippen molar-refractivity contribution < 1.29 is 4.79 Å². The Balaban J connectivity index is 1.66. The maximum Gasteiger partial charge on any atom is 0.178 e. The number of benzene rings is 4. The highest BCUT2D eigenvalue weighted by Gasteiger charge is 2.58. The fourth-order valence-electron chi connectivity index (χ4n) is 6.90. The summed E-state index contributed by atoms with van der Waals surface area (Å²) in [4.78, 5) is 14.6. The molecule has 0 N–H and O–H groups in total. The molecule has 3 atom stereocenters. The second-order valence-corrected chi connectivity index (χ2v) is 9.62. The summed E-state index contributed by atoms with van der Waals surface area (Å²) in [5.74, 6) is 0.926. The summed E-state index contributed by atoms with van der Waals surface area (Å²) in [7, 11) is 0. The largest absolute Gasteiger partial charge is 0.293 e. The Morgan fingerprint density at radius 3 is 2.00 bits per heavy atom. The highest BCUT2D eigenvalue weighted by atomic mass is 16.1. The number of hydrogen-bond donors (Lipinski definition) is 0. The Bertz CT molecular complexity index is 1430. The van der Waals surface area contributed by atoms with Crippen LogP contribution in [0.4, 0.5) is 0 Å². The van der Waals surface area contributed by atoms with Gasteiger partial charge in [0.15, 0.2) is 5.78 Å². The van der Waals surface area contributed by atoms with Gasteiger partial charge in [-0.3, -0.25) is 4.79 Å². The van der Waals surface area contributed by atoms with Gasteiger partial charge in [0.05, 0.1) is 5.41 Å². The van der Waals surface area contributed by atoms with Crippen LogP contribution in [-0.4, -0.2) is 5.78 Å². The Morgan fingerprint density at radius 2 is 1.24 bits per heavy atom. The molecule has 0 amide bonds. The van der Waals surface area contributed by atoms with E-state index in [-0.39, 0.29) is 11.7 Å². The number of carbonyl (C=O) groups is 1. The normalized spacial score (nSPS) is 24.8. The first kappa shape index (κ1) is 18.8. The molecule has 3 aliphatic carbocycles. The fraction of sp³-hybridized carbons (Fsp3) is 0.156. The number of rotatable bonds is 2. The van der Waals surface area contributed by atoms with E-state index in [0.29, 0.717) is 5.92 Å². The summed E-state index contributed by atoms with van der Waals surface area (Å²) in [5, 5.41) is 0. The standard InChI is InChI=1S/C32H24O/c33-31-27-18-10-9-17-26(27)29(21-11-3-1-4-12-21)30-28-19-22(24-15-7-8-16-25(24)28)20-32(30,31)23-13-5-2-6-14-23/h1-18,22,28H,19-20H2/t22-,28-,32-/m0/s1. The third kappa shape index (κ3) is 2.45. The van der Waals surface area contributed by atoms with Gasteiger partial charge in [0.2, 0.25) is 0 Å². The zero-order valence-electron chi connectivity index (χ0n) is 18.4. The highest BCUT2D eigenvalue weighted by Crippen LogP contribution is 2.65. The SMILES string of the molecule is O=C1c2ccccc2C(c2ccccc2)=C2[C@H]3C[C@@H](C[C@@]12c1ccccc1)c1ccccc13. The van der Waals surface area contributed by atoms with Crippen molar-refractivity contribution in [1.29, 1.82) is 0 Å². The Hall–Kier alpha value is -3.71. The second kappa shape index (κ2) is 6.89. The third-order valence-electron chi connectivity index (χ3n) is 8.12. The number of hydrogen-bond acceptors (Lipinski definition) is 1. The molecule has 0 saturated heterocycles. The average molecular weight is 425 g/mol. The Labute approximate surface area is 194 Å². The third-order valence-corrected chi connectivity index (χ3v) is 8.12. The summed E-state index contributed by atoms with van der Waals surface area (Å²) in [6.07, 6.45) is 1.93. The molecular formula is C32H24O. The van der Waals surface area contributed by atoms with E-state index in [1.54, 1.807) is 0 Å². The maximum absolute atomic E-state index is 14.6. The molecule has 33 heavy (non-hydrogen) atoms. The first-order valence-electron chi connectivity index (χ1n) is 11.9. The molecule has 4 aromatic rings. The molecule has 0 spiro atoms. The van der Waals surface area contributed by atoms with Gasteiger partial charge in [-0.05, 0) is 57.7 Å². The van der Waals surface area contributed by atoms with Crippen LogP contribution < -0.4 is 0 Å². The minimum absolute atomic E-state index is 0.257. The Morgan fingerprint density at radius 1 is 0.636 bits per heavy atom. The van der Waals surface area contributed by atoms with E-state index in [9.17, 15) is 4.79 Å². The summed E-state index contributed by atoms with van der Waals surface area (Å²) >= 11 is 0. The molecule has 0 heterocycles. The van der Waals surface area contributed by atoms with Crippen molar-refractivity contribution in [1.82, 2.24) is 0 Å². The summed E-state index contributed by atoms with van der Waals surface area (Å²) in [5.41, 5.74) is 9.06. The molecule has 0 unspecified atom stereocenters. The van der Waals surface area contributed by atoms with Gasteiger partial charge in [-0.1, -0.05) is 109 Å². The lowest BCUT2D eigenvalue weighted by atomic mass is 9.53. The zero-order valence-corrected chi connectivity index (χ0v) is 18.4. The van der Waals surface area contributed by atoms with E-state index in [1.165, 1.54) is 27.8 Å². The number of carbonyl (C=O) groups excluding carboxylic acids is 1. The first-order valence-corrected chi connectivity index (χ1v) is 11.9. The number of ketones is 1. The van der Waals surface area contributed by atoms with Gasteiger partial charge >= 0.3 is 0 Å². The quantitative estimate of drug-likeness (QED) is 0.330. The first-order chi connectivity index (χ1) is 16.3. The van der Waals surface area contributed by atoms with Gasteiger partial charge < -0.3 is 0 Å². The van der Waals surface area contributed by atoms with Crippen LogP contribution in [0.2, 0.25) is 0 Å². The van der Waals surface area contributed by atoms with E-state index in [0.717, 1.165) is 29.5 Å². The van der Waals surface area contributed by atoms with Crippen LogP contribution in [0.5, 0.6) is 0 Å². The molecule has 4 aromatic carbocycles. The lowest BCUT2D eigenvalue weighted by molar-refractivity contribution is 0.0876. The van der Waals surface area contributed by atoms with Gasteiger partial charge in [-0.15, -0.1) is 0 Å². The second-order valence-electron chi connectivity index (χ2n) is 9.62. The van der Waals surface area contributed by atoms with Crippen molar-refractivity contribution in [3.63, 3.8) is 0 Å². The molecule has 0 aliphatic heterocycles. The number of fused-ring (bicyclic) bond motifs is 8. The highest BCUT2D eigenvalue weighted by molar-refractivity contribution is 6.16. The molecule has 1 saturated carbocycles. The summed E-state index contributed by atoms with van der Waals surface area (Å²) < 4.78 is 0. The zero-order chi connectivity index (χ0) is 22.0. The molecule has 2 bridgehead atoms. The van der Waals surface area contributed by atoms with E-state index >= 15 is 0 Å². The van der Waals surface area contributed by atoms with Crippen LogP contribution >= 0.6 is 0 Å². The van der Waals surface area contributed by atoms with Gasteiger partial charge in [-0.2, -0.15) is 0 Å². The molecule has 1 fully saturated rings. The van der Waals surface area contributed by atoms with Crippen LogP contribution in [0.1, 0.15) is 62.9 Å². The minimum Gasteiger partial charge on any atom is -0.293 e. The van der Waals surface area contributed by atoms with E-state index in [2.05, 4.69) is 97.1 Å². The van der Waals surface area contributed by atoms with Crippen molar-refractivity contribution in [3.8, 4) is 0 Å². The Kier molecular flexibility index (Phi) is 3.93. The van der Waals surface area contributed by atoms with E-state index in [1.807, 2.05) is 12.1 Å². The van der Waals surface area contributed by atoms with Gasteiger partial charge in [0.1, 0.15) is 0 Å². The van der Waals surface area contributed by atoms with Crippen molar-refractivity contribution >= 4 is 11.4 Å². The van der Waals surface area contributed by atoms with Crippen molar-refractivity contribution in [2.75, 3.05) is 0 Å². The number of allylic oxidation sites excluding steroid dienone is 1. The van der Waals surface area contributed by atoms with E-state index < -0.39 is 5.41 Å². The van der Waals surface area contributed by atoms with Crippen LogP contribution in [0.25, 0.3) is 5.57 Å². The topological polar surface area (TPSA) is 17.1 Å². The predicted molar refractivity (Wildman–Crippen MR) is 133 cm³/mol. The van der Waals surface area contributed by atoms with Gasteiger partial charge in [-0.25, -0.2) is 0 Å². The lowest BCUT2D eigenvalue weighted by Gasteiger charge is -2.47. The molecule has 158 valence electrons. The van der Waals surface area contributed by atoms with E-state index in [4.69, 9.17) is 0 Å². The monoisotopic (exact) mass is 424 g/mol. The summed E-state index contributed by atoms with van der Waals surface area (Å²) in [6, 6.07) is 38.4. The van der Waals surface area contributed by atoms with Crippen LogP contribution in [-0.2, 0) is 5.41 Å². The van der Waals surface area contributed by atoms with Crippen LogP contribution in [0, 0.1) is 0 Å². The van der Waals surface area contributed by atoms with Crippen molar-refractivity contribution in [2.24, 2.45) is 0 Å². The molecule has 1 nitrogen and oxygen atoms in total. The van der Waals surface area contributed by atoms with Crippen molar-refractivity contribution in [2.45, 2.75) is 30.1 Å². The summed E-state index contributed by atoms with van der Waals surface area (Å²) in [6.45, 7) is 0. The van der Waals surface area contributed by atoms with Gasteiger partial charge in [0.25, 0.3) is 0 Å². The fourth-order valence-corrected chi connectivity index (χ4v) is 6.90. The van der Waals surface area contributed by atoms with Gasteiger partial charge in [0, 0.05) is 11.5 Å². The minimum atomic E-state index is -0.632. The molecular weight excluding hydrogens is 400 g/mol. The lowest BCUT2D eigenvalue weighted by Crippen LogP contribution is -2.46. The molecule has 7 rings (SSSR count). The molecule has 0 aromatic heterocycles. The van der Waals surface area contributed by atoms with Crippen LogP contribution in [0.15, 0.2) is 115 Å². The molecule has 3 aliphatic rings. The van der Waals surface area contributed by atoms with Crippen molar-refractivity contribution in [3.05, 3.63) is 148 Å². The smallest absolute Gasteiger partial charge is 0.178 e. The average Bonchev–Trinajstić information content (AvgIpc) is 3.19. The molecule has 1 heteroatoms. The predicted octanol–water partition coefficient (Wildman–Crippen LogP) is 7.30. The molecule has 0 radical (unpaired) electrons. The number of Topliss-reactive ketones (excluding diaryl/α,β-unsaturated/α-hetero) is 1.